The monoisotopic (exact) mass is 342 g/mol. The molecular weight excluding hydrogens is 316 g/mol. The SMILES string of the molecule is CCc1nc2cccc(C(=O)O)c2n1CCN[C@H]1CN2CCC1CC2. The fraction of sp³-hybridized carbons (Fsp3) is 0.579. The zero-order valence-electron chi connectivity index (χ0n) is 14.7. The molecule has 5 rings (SSSR count). The molecule has 0 amide bonds. The number of hydrogen-bond acceptors (Lipinski definition) is 4. The van der Waals surface area contributed by atoms with E-state index < -0.39 is 5.97 Å². The summed E-state index contributed by atoms with van der Waals surface area (Å²) in [6.07, 6.45) is 3.40. The summed E-state index contributed by atoms with van der Waals surface area (Å²) in [5.41, 5.74) is 1.87. The molecule has 1 aromatic heterocycles. The van der Waals surface area contributed by atoms with Crippen LogP contribution in [-0.2, 0) is 13.0 Å². The summed E-state index contributed by atoms with van der Waals surface area (Å²) in [7, 11) is 0. The molecule has 2 N–H and O–H groups in total. The summed E-state index contributed by atoms with van der Waals surface area (Å²) in [4.78, 5) is 18.8. The highest BCUT2D eigenvalue weighted by Crippen LogP contribution is 2.27. The fourth-order valence-corrected chi connectivity index (χ4v) is 4.48. The van der Waals surface area contributed by atoms with E-state index in [1.54, 1.807) is 12.1 Å². The minimum atomic E-state index is -0.889. The third kappa shape index (κ3) is 3.04. The fourth-order valence-electron chi connectivity index (χ4n) is 4.48. The first-order chi connectivity index (χ1) is 12.2. The minimum Gasteiger partial charge on any atom is -0.478 e. The molecule has 2 bridgehead atoms. The second kappa shape index (κ2) is 6.77. The number of hydrogen-bond donors (Lipinski definition) is 2. The molecule has 1 atom stereocenters. The molecule has 0 saturated carbocycles. The Morgan fingerprint density at radius 3 is 2.80 bits per heavy atom. The Balaban J connectivity index is 1.53. The number of carbonyl (C=O) groups is 1. The highest BCUT2D eigenvalue weighted by molar-refractivity contribution is 6.01. The molecule has 3 saturated heterocycles. The van der Waals surface area contributed by atoms with Crippen LogP contribution in [0, 0.1) is 5.92 Å². The van der Waals surface area contributed by atoms with Gasteiger partial charge in [0.05, 0.1) is 16.6 Å². The van der Waals surface area contributed by atoms with Gasteiger partial charge in [0.1, 0.15) is 5.82 Å². The van der Waals surface area contributed by atoms with E-state index in [0.717, 1.165) is 48.8 Å². The average Bonchev–Trinajstić information content (AvgIpc) is 3.00. The van der Waals surface area contributed by atoms with Gasteiger partial charge in [-0.15, -0.1) is 0 Å². The number of para-hydroxylation sites is 1. The second-order valence-corrected chi connectivity index (χ2v) is 7.21. The largest absolute Gasteiger partial charge is 0.478 e. The van der Waals surface area contributed by atoms with Crippen molar-refractivity contribution in [1.29, 1.82) is 0 Å². The lowest BCUT2D eigenvalue weighted by Crippen LogP contribution is -2.56. The molecule has 3 aliphatic rings. The van der Waals surface area contributed by atoms with Crippen molar-refractivity contribution in [1.82, 2.24) is 19.8 Å². The van der Waals surface area contributed by atoms with Gasteiger partial charge in [-0.05, 0) is 44.0 Å². The zero-order valence-corrected chi connectivity index (χ0v) is 14.7. The Bertz CT molecular complexity index is 777. The lowest BCUT2D eigenvalue weighted by atomic mass is 9.84. The van der Waals surface area contributed by atoms with Crippen molar-refractivity contribution in [2.24, 2.45) is 5.92 Å². The number of rotatable bonds is 6. The number of piperidine rings is 3. The van der Waals surface area contributed by atoms with Crippen molar-refractivity contribution >= 4 is 17.0 Å². The second-order valence-electron chi connectivity index (χ2n) is 7.21. The first kappa shape index (κ1) is 16.5. The number of aryl methyl sites for hydroxylation is 1. The van der Waals surface area contributed by atoms with Crippen LogP contribution in [0.5, 0.6) is 0 Å². The number of benzene rings is 1. The van der Waals surface area contributed by atoms with Crippen LogP contribution in [0.25, 0.3) is 11.0 Å². The third-order valence-electron chi connectivity index (χ3n) is 5.79. The molecule has 25 heavy (non-hydrogen) atoms. The number of carboxylic acid groups (broad SMARTS) is 1. The molecular formula is C19H26N4O2. The van der Waals surface area contributed by atoms with E-state index in [9.17, 15) is 9.90 Å². The highest BCUT2D eigenvalue weighted by Gasteiger charge is 2.33. The van der Waals surface area contributed by atoms with Crippen molar-refractivity contribution in [3.63, 3.8) is 0 Å². The summed E-state index contributed by atoms with van der Waals surface area (Å²) in [5.74, 6) is 0.865. The highest BCUT2D eigenvalue weighted by atomic mass is 16.4. The Labute approximate surface area is 147 Å². The predicted octanol–water partition coefficient (Wildman–Crippen LogP) is 1.98. The van der Waals surface area contributed by atoms with Gasteiger partial charge in [-0.1, -0.05) is 13.0 Å². The molecule has 6 nitrogen and oxygen atoms in total. The average molecular weight is 342 g/mol. The van der Waals surface area contributed by atoms with Gasteiger partial charge in [0.15, 0.2) is 0 Å². The Hall–Kier alpha value is -1.92. The van der Waals surface area contributed by atoms with Crippen molar-refractivity contribution in [3.05, 3.63) is 29.6 Å². The number of carboxylic acids is 1. The maximum atomic E-state index is 11.6. The number of nitrogens with zero attached hydrogens (tertiary/aromatic N) is 3. The van der Waals surface area contributed by atoms with Crippen LogP contribution in [0.2, 0.25) is 0 Å². The van der Waals surface area contributed by atoms with Crippen LogP contribution in [0.4, 0.5) is 0 Å². The van der Waals surface area contributed by atoms with Gasteiger partial charge in [0.25, 0.3) is 0 Å². The maximum Gasteiger partial charge on any atom is 0.337 e. The Kier molecular flexibility index (Phi) is 4.48. The topological polar surface area (TPSA) is 70.4 Å². The van der Waals surface area contributed by atoms with Crippen molar-refractivity contribution in [3.8, 4) is 0 Å². The van der Waals surface area contributed by atoms with Gasteiger partial charge in [0.2, 0.25) is 0 Å². The van der Waals surface area contributed by atoms with Crippen LogP contribution in [-0.4, -0.2) is 57.7 Å². The molecule has 2 aromatic rings. The first-order valence-corrected chi connectivity index (χ1v) is 9.34. The molecule has 0 spiro atoms. The number of nitrogens with one attached hydrogen (secondary N) is 1. The van der Waals surface area contributed by atoms with Crippen LogP contribution in [0.15, 0.2) is 18.2 Å². The standard InChI is InChI=1S/C19H26N4O2/c1-2-17-21-15-5-3-4-14(19(24)25)18(15)23(17)11-8-20-16-12-22-9-6-13(16)7-10-22/h3-5,13,16,20H,2,6-12H2,1H3,(H,24,25)/t16-/m0/s1. The smallest absolute Gasteiger partial charge is 0.337 e. The van der Waals surface area contributed by atoms with Crippen molar-refractivity contribution in [2.75, 3.05) is 26.2 Å². The number of imidazole rings is 1. The van der Waals surface area contributed by atoms with Gasteiger partial charge >= 0.3 is 5.97 Å². The third-order valence-corrected chi connectivity index (χ3v) is 5.79. The summed E-state index contributed by atoms with van der Waals surface area (Å²) in [6, 6.07) is 5.91. The van der Waals surface area contributed by atoms with E-state index in [4.69, 9.17) is 0 Å². The lowest BCUT2D eigenvalue weighted by Gasteiger charge is -2.45. The summed E-state index contributed by atoms with van der Waals surface area (Å²) >= 11 is 0. The Morgan fingerprint density at radius 2 is 2.16 bits per heavy atom. The molecule has 134 valence electrons. The molecule has 1 aromatic carbocycles. The number of fused-ring (bicyclic) bond motifs is 4. The predicted molar refractivity (Wildman–Crippen MR) is 97.0 cm³/mol. The molecule has 0 aliphatic carbocycles. The summed E-state index contributed by atoms with van der Waals surface area (Å²) < 4.78 is 2.09. The maximum absolute atomic E-state index is 11.6. The number of aromatic nitrogens is 2. The van der Waals surface area contributed by atoms with Gasteiger partial charge in [-0.25, -0.2) is 9.78 Å². The quantitative estimate of drug-likeness (QED) is 0.840. The van der Waals surface area contributed by atoms with E-state index in [2.05, 4.69) is 26.7 Å². The molecule has 0 unspecified atom stereocenters. The van der Waals surface area contributed by atoms with E-state index in [1.165, 1.54) is 25.9 Å². The van der Waals surface area contributed by atoms with Crippen molar-refractivity contribution in [2.45, 2.75) is 38.8 Å². The van der Waals surface area contributed by atoms with E-state index in [-0.39, 0.29) is 0 Å². The normalized spacial score (nSPS) is 25.6. The van der Waals surface area contributed by atoms with E-state index in [1.807, 2.05) is 6.07 Å². The van der Waals surface area contributed by atoms with E-state index in [0.29, 0.717) is 11.6 Å². The van der Waals surface area contributed by atoms with E-state index >= 15 is 0 Å². The molecule has 6 heteroatoms. The van der Waals surface area contributed by atoms with Crippen molar-refractivity contribution < 1.29 is 9.90 Å². The number of aromatic carboxylic acids is 1. The first-order valence-electron chi connectivity index (χ1n) is 9.34. The van der Waals surface area contributed by atoms with Crippen LogP contribution in [0.3, 0.4) is 0 Å². The summed E-state index contributed by atoms with van der Waals surface area (Å²) in [6.45, 7) is 7.32. The summed E-state index contributed by atoms with van der Waals surface area (Å²) in [5, 5.41) is 13.2. The van der Waals surface area contributed by atoms with Crippen LogP contribution < -0.4 is 5.32 Å². The molecule has 3 fully saturated rings. The van der Waals surface area contributed by atoms with Gasteiger partial charge in [0, 0.05) is 32.1 Å². The molecule has 3 aliphatic heterocycles. The molecule has 0 radical (unpaired) electrons. The lowest BCUT2D eigenvalue weighted by molar-refractivity contribution is 0.0698. The van der Waals surface area contributed by atoms with Crippen LogP contribution >= 0.6 is 0 Å². The van der Waals surface area contributed by atoms with Crippen LogP contribution in [0.1, 0.15) is 35.9 Å². The Morgan fingerprint density at radius 1 is 1.36 bits per heavy atom. The van der Waals surface area contributed by atoms with Gasteiger partial charge in [-0.3, -0.25) is 0 Å². The molecule has 4 heterocycles. The minimum absolute atomic E-state index is 0.340. The van der Waals surface area contributed by atoms with Gasteiger partial charge in [-0.2, -0.15) is 0 Å². The van der Waals surface area contributed by atoms with Gasteiger partial charge < -0.3 is 19.9 Å². The zero-order chi connectivity index (χ0) is 17.4.